The Morgan fingerprint density at radius 3 is 1.85 bits per heavy atom. The predicted molar refractivity (Wildman–Crippen MR) is 250 cm³/mol. The minimum Gasteiger partial charge on any atom is -0.370 e. The molecule has 1 aliphatic carbocycles. The van der Waals surface area contributed by atoms with Crippen LogP contribution in [0.1, 0.15) is 71.5 Å². The van der Waals surface area contributed by atoms with Crippen molar-refractivity contribution in [2.75, 3.05) is 13.1 Å². The first-order valence-electron chi connectivity index (χ1n) is 21.9. The molecule has 6 amide bonds. The molecule has 0 spiro atoms. The van der Waals surface area contributed by atoms with Gasteiger partial charge < -0.3 is 43.8 Å². The molecule has 0 aliphatic heterocycles. The zero-order valence-electron chi connectivity index (χ0n) is 36.2. The zero-order chi connectivity index (χ0) is 46.2. The number of nitrogens with zero attached hydrogens (tertiary/aromatic N) is 1. The van der Waals surface area contributed by atoms with Crippen molar-refractivity contribution < 1.29 is 28.8 Å². The van der Waals surface area contributed by atoms with Gasteiger partial charge in [-0.3, -0.25) is 33.8 Å². The van der Waals surface area contributed by atoms with Gasteiger partial charge in [-0.05, 0) is 84.0 Å². The molecule has 15 nitrogen and oxygen atoms in total. The van der Waals surface area contributed by atoms with Crippen LogP contribution in [0.2, 0.25) is 0 Å². The molecule has 0 bridgehead atoms. The van der Waals surface area contributed by atoms with Crippen molar-refractivity contribution in [3.8, 4) is 0 Å². The van der Waals surface area contributed by atoms with E-state index in [-0.39, 0.29) is 44.1 Å². The van der Waals surface area contributed by atoms with E-state index in [9.17, 15) is 28.8 Å². The van der Waals surface area contributed by atoms with Crippen LogP contribution in [0, 0.1) is 0 Å². The van der Waals surface area contributed by atoms with Gasteiger partial charge in [-0.2, -0.15) is 0 Å². The molecule has 11 N–H and O–H groups in total. The monoisotopic (exact) mass is 879 g/mol. The van der Waals surface area contributed by atoms with Crippen LogP contribution in [0.15, 0.2) is 138 Å². The molecule has 65 heavy (non-hydrogen) atoms. The Kier molecular flexibility index (Phi) is 16.4. The normalized spacial score (nSPS) is 17.0. The van der Waals surface area contributed by atoms with Crippen molar-refractivity contribution >= 4 is 52.2 Å². The number of amides is 6. The smallest absolute Gasteiger partial charge is 0.252 e. The fourth-order valence-corrected chi connectivity index (χ4v) is 8.24. The first kappa shape index (κ1) is 46.9. The molecule has 15 heteroatoms. The van der Waals surface area contributed by atoms with E-state index in [0.29, 0.717) is 31.2 Å². The van der Waals surface area contributed by atoms with Crippen LogP contribution in [0.5, 0.6) is 0 Å². The first-order chi connectivity index (χ1) is 31.4. The van der Waals surface area contributed by atoms with E-state index >= 15 is 0 Å². The number of hydrogen-bond donors (Lipinski definition) is 8. The van der Waals surface area contributed by atoms with Gasteiger partial charge in [-0.1, -0.05) is 121 Å². The van der Waals surface area contributed by atoms with Crippen LogP contribution in [0.4, 0.5) is 0 Å². The number of nitrogens with two attached hydrogens (primary N) is 3. The number of fused-ring (bicyclic) bond motifs is 1. The summed E-state index contributed by atoms with van der Waals surface area (Å²) in [6.45, 7) is -0.317. The lowest BCUT2D eigenvalue weighted by molar-refractivity contribution is -0.135. The highest BCUT2D eigenvalue weighted by atomic mass is 16.2. The summed E-state index contributed by atoms with van der Waals surface area (Å²) in [6.07, 6.45) is 2.23. The number of nitrogens with one attached hydrogen (secondary N) is 5. The lowest BCUT2D eigenvalue weighted by Gasteiger charge is -2.40. The van der Waals surface area contributed by atoms with Gasteiger partial charge in [-0.25, -0.2) is 0 Å². The van der Waals surface area contributed by atoms with Crippen molar-refractivity contribution in [2.45, 2.75) is 80.9 Å². The van der Waals surface area contributed by atoms with Crippen LogP contribution >= 0.6 is 0 Å². The van der Waals surface area contributed by atoms with Gasteiger partial charge in [0, 0.05) is 24.9 Å². The topological polar surface area (TPSA) is 253 Å². The summed E-state index contributed by atoms with van der Waals surface area (Å²) >= 11 is 0. The third-order valence-corrected chi connectivity index (χ3v) is 11.7. The molecule has 6 rings (SSSR count). The van der Waals surface area contributed by atoms with Crippen LogP contribution in [0.25, 0.3) is 10.8 Å². The number of carbonyl (C=O) groups excluding carboxylic acids is 6. The SMILES string of the molecule is NC(=O)CNC(=O)[C@H](Cc1ccc2ccccc2c1)NC(=O)[C@H](CCCN=C(N)N)NC(=O)[C@@H](Cc1ccccc1)NC(=O)C1(NC(=O)c2ccccc2)CCC(c2ccccc2)CC1. The zero-order valence-corrected chi connectivity index (χ0v) is 36.2. The van der Waals surface area contributed by atoms with E-state index in [1.54, 1.807) is 30.3 Å². The Hall–Kier alpha value is -7.55. The van der Waals surface area contributed by atoms with E-state index < -0.39 is 65.7 Å². The second-order valence-corrected chi connectivity index (χ2v) is 16.4. The van der Waals surface area contributed by atoms with Gasteiger partial charge in [0.25, 0.3) is 5.91 Å². The number of hydrogen-bond acceptors (Lipinski definition) is 7. The average molecular weight is 880 g/mol. The van der Waals surface area contributed by atoms with Crippen LogP contribution < -0.4 is 43.8 Å². The average Bonchev–Trinajstić information content (AvgIpc) is 3.32. The van der Waals surface area contributed by atoms with Crippen molar-refractivity contribution in [2.24, 2.45) is 22.2 Å². The summed E-state index contributed by atoms with van der Waals surface area (Å²) in [5.41, 5.74) is 18.1. The molecule has 1 aliphatic rings. The van der Waals surface area contributed by atoms with Crippen molar-refractivity contribution in [3.63, 3.8) is 0 Å². The lowest BCUT2D eigenvalue weighted by Crippen LogP contribution is -2.64. The fraction of sp³-hybridized carbons (Fsp3) is 0.300. The number of rotatable bonds is 20. The third kappa shape index (κ3) is 13.5. The van der Waals surface area contributed by atoms with E-state index in [1.165, 1.54) is 0 Å². The molecule has 3 atom stereocenters. The Labute approximate surface area is 378 Å². The first-order valence-corrected chi connectivity index (χ1v) is 21.9. The summed E-state index contributed by atoms with van der Waals surface area (Å²) in [6, 6.07) is 37.5. The van der Waals surface area contributed by atoms with Crippen LogP contribution in [-0.2, 0) is 36.8 Å². The Morgan fingerprint density at radius 2 is 1.18 bits per heavy atom. The molecule has 5 aromatic rings. The lowest BCUT2D eigenvalue weighted by atomic mass is 9.73. The highest BCUT2D eigenvalue weighted by Crippen LogP contribution is 2.38. The van der Waals surface area contributed by atoms with Crippen molar-refractivity contribution in [1.82, 2.24) is 26.6 Å². The van der Waals surface area contributed by atoms with E-state index in [2.05, 4.69) is 43.7 Å². The summed E-state index contributed by atoms with van der Waals surface area (Å²) in [4.78, 5) is 86.8. The summed E-state index contributed by atoms with van der Waals surface area (Å²) in [5, 5.41) is 16.1. The number of guanidine groups is 1. The van der Waals surface area contributed by atoms with Gasteiger partial charge in [0.1, 0.15) is 23.7 Å². The van der Waals surface area contributed by atoms with Crippen molar-refractivity contribution in [3.05, 3.63) is 156 Å². The standard InChI is InChI=1S/C50H57N9O6/c51-43(60)32-55-45(62)41(31-34-22-23-36-17-10-11-20-39(36)29-34)57-46(63)40(21-12-28-54-49(52)53)56-47(64)42(30-33-13-4-1-5-14-33)58-48(65)50(59-44(61)38-18-8-3-9-19-38)26-24-37(25-27-50)35-15-6-2-7-16-35/h1-11,13-20,22-23,29,37,40-42H,12,21,24-28,30-32H2,(H2,51,60)(H,55,62)(H,56,64)(H,57,63)(H,58,65)(H,59,61)(H4,52,53,54)/t37?,40-,41-,42+,50?/m0/s1. The number of benzene rings is 5. The van der Waals surface area contributed by atoms with E-state index in [0.717, 1.165) is 27.5 Å². The maximum atomic E-state index is 14.8. The molecule has 0 radical (unpaired) electrons. The molecule has 0 aromatic heterocycles. The summed E-state index contributed by atoms with van der Waals surface area (Å²) in [5.74, 6) is -3.72. The molecule has 0 heterocycles. The van der Waals surface area contributed by atoms with Crippen LogP contribution in [0.3, 0.4) is 0 Å². The molecule has 0 unspecified atom stereocenters. The Morgan fingerprint density at radius 1 is 0.615 bits per heavy atom. The minimum absolute atomic E-state index is 0.0455. The maximum absolute atomic E-state index is 14.8. The molecule has 0 saturated heterocycles. The van der Waals surface area contributed by atoms with E-state index in [4.69, 9.17) is 17.2 Å². The van der Waals surface area contributed by atoms with E-state index in [1.807, 2.05) is 91.0 Å². The summed E-state index contributed by atoms with van der Waals surface area (Å²) in [7, 11) is 0. The number of primary amides is 1. The Bertz CT molecular complexity index is 2460. The largest absolute Gasteiger partial charge is 0.370 e. The molecule has 1 fully saturated rings. The van der Waals surface area contributed by atoms with Crippen molar-refractivity contribution in [1.29, 1.82) is 0 Å². The maximum Gasteiger partial charge on any atom is 0.252 e. The molecular weight excluding hydrogens is 823 g/mol. The fourth-order valence-electron chi connectivity index (χ4n) is 8.24. The predicted octanol–water partition coefficient (Wildman–Crippen LogP) is 3.26. The molecule has 5 aromatic carbocycles. The quantitative estimate of drug-likeness (QED) is 0.0327. The second kappa shape index (κ2) is 22.7. The van der Waals surface area contributed by atoms with Gasteiger partial charge in [0.15, 0.2) is 5.96 Å². The highest BCUT2D eigenvalue weighted by Gasteiger charge is 2.45. The van der Waals surface area contributed by atoms with Gasteiger partial charge in [-0.15, -0.1) is 0 Å². The Balaban J connectivity index is 1.27. The van der Waals surface area contributed by atoms with Crippen LogP contribution in [-0.4, -0.2) is 78.2 Å². The molecule has 1 saturated carbocycles. The third-order valence-electron chi connectivity index (χ3n) is 11.7. The highest BCUT2D eigenvalue weighted by molar-refractivity contribution is 6.01. The molecular formula is C50H57N9O6. The second-order valence-electron chi connectivity index (χ2n) is 16.4. The van der Waals surface area contributed by atoms with Gasteiger partial charge in [0.2, 0.25) is 29.5 Å². The number of carbonyl (C=O) groups is 6. The van der Waals surface area contributed by atoms with Gasteiger partial charge >= 0.3 is 0 Å². The minimum atomic E-state index is -1.36. The number of aliphatic imine (C=N–C) groups is 1. The molecule has 338 valence electrons. The van der Waals surface area contributed by atoms with Gasteiger partial charge in [0.05, 0.1) is 6.54 Å². The summed E-state index contributed by atoms with van der Waals surface area (Å²) < 4.78 is 0.